The number of ether oxygens (including phenoxy) is 1. The van der Waals surface area contributed by atoms with E-state index >= 15 is 0 Å². The van der Waals surface area contributed by atoms with Crippen molar-refractivity contribution in [2.75, 3.05) is 11.5 Å². The quantitative estimate of drug-likeness (QED) is 0.235. The van der Waals surface area contributed by atoms with Gasteiger partial charge in [0.15, 0.2) is 0 Å². The van der Waals surface area contributed by atoms with Crippen molar-refractivity contribution in [3.8, 4) is 0 Å². The maximum atomic E-state index is 13.3. The molecule has 1 aliphatic rings. The Morgan fingerprint density at radius 2 is 1.61 bits per heavy atom. The van der Waals surface area contributed by atoms with Crippen molar-refractivity contribution < 1.29 is 24.0 Å². The standard InChI is InChI=1S/C25H20N2O6/c1-2-33-23(28)15-22-21(14-16-7-8-17-5-3-4-6-18(17)13-16)24(29)26(25(22)30)19-9-11-20(12-10-19)27(31)32/h3-13H,2,14-15H2,1H3. The summed E-state index contributed by atoms with van der Waals surface area (Å²) in [5.41, 5.74) is 1.14. The maximum absolute atomic E-state index is 13.3. The number of carbonyl (C=O) groups excluding carboxylic acids is 3. The number of non-ortho nitro benzene ring substituents is 1. The highest BCUT2D eigenvalue weighted by Crippen LogP contribution is 2.32. The number of fused-ring (bicyclic) bond motifs is 1. The summed E-state index contributed by atoms with van der Waals surface area (Å²) < 4.78 is 5.00. The van der Waals surface area contributed by atoms with Crippen molar-refractivity contribution in [2.45, 2.75) is 19.8 Å². The third-order valence-electron chi connectivity index (χ3n) is 5.43. The lowest BCUT2D eigenvalue weighted by atomic mass is 9.97. The van der Waals surface area contributed by atoms with Gasteiger partial charge in [-0.3, -0.25) is 24.5 Å². The van der Waals surface area contributed by atoms with Crippen LogP contribution in [0.15, 0.2) is 77.9 Å². The molecule has 0 bridgehead atoms. The van der Waals surface area contributed by atoms with E-state index in [1.807, 2.05) is 42.5 Å². The summed E-state index contributed by atoms with van der Waals surface area (Å²) in [5.74, 6) is -1.78. The first kappa shape index (κ1) is 21.9. The predicted octanol–water partition coefficient (Wildman–Crippen LogP) is 4.11. The van der Waals surface area contributed by atoms with E-state index < -0.39 is 22.7 Å². The largest absolute Gasteiger partial charge is 0.466 e. The Kier molecular flexibility index (Phi) is 5.99. The van der Waals surface area contributed by atoms with E-state index in [2.05, 4.69) is 0 Å². The molecule has 0 atom stereocenters. The molecule has 8 heteroatoms. The van der Waals surface area contributed by atoms with E-state index in [9.17, 15) is 24.5 Å². The molecule has 0 aromatic heterocycles. The van der Waals surface area contributed by atoms with Crippen LogP contribution in [0.3, 0.4) is 0 Å². The number of nitro benzene ring substituents is 1. The van der Waals surface area contributed by atoms with E-state index in [0.717, 1.165) is 21.2 Å². The first-order valence-corrected chi connectivity index (χ1v) is 10.4. The molecule has 0 saturated heterocycles. The van der Waals surface area contributed by atoms with Gasteiger partial charge < -0.3 is 4.74 Å². The van der Waals surface area contributed by atoms with Crippen LogP contribution < -0.4 is 4.90 Å². The number of anilines is 1. The number of esters is 1. The lowest BCUT2D eigenvalue weighted by Crippen LogP contribution is -2.32. The number of nitrogens with zero attached hydrogens (tertiary/aromatic N) is 2. The van der Waals surface area contributed by atoms with E-state index in [1.54, 1.807) is 6.92 Å². The van der Waals surface area contributed by atoms with E-state index in [4.69, 9.17) is 4.74 Å². The zero-order valence-electron chi connectivity index (χ0n) is 17.8. The van der Waals surface area contributed by atoms with Gasteiger partial charge in [-0.05, 0) is 35.4 Å². The predicted molar refractivity (Wildman–Crippen MR) is 122 cm³/mol. The third-order valence-corrected chi connectivity index (χ3v) is 5.43. The van der Waals surface area contributed by atoms with Crippen LogP contribution in [0.5, 0.6) is 0 Å². The summed E-state index contributed by atoms with van der Waals surface area (Å²) in [6.07, 6.45) is -0.168. The first-order chi connectivity index (χ1) is 15.9. The smallest absolute Gasteiger partial charge is 0.310 e. The maximum Gasteiger partial charge on any atom is 0.310 e. The van der Waals surface area contributed by atoms with Crippen LogP contribution in [0.4, 0.5) is 11.4 Å². The number of amides is 2. The highest BCUT2D eigenvalue weighted by atomic mass is 16.6. The molecule has 0 radical (unpaired) electrons. The van der Waals surface area contributed by atoms with Crippen LogP contribution >= 0.6 is 0 Å². The summed E-state index contributed by atoms with van der Waals surface area (Å²) in [4.78, 5) is 50.0. The second-order valence-corrected chi connectivity index (χ2v) is 7.52. The zero-order chi connectivity index (χ0) is 23.5. The molecule has 0 unspecified atom stereocenters. The minimum atomic E-state index is -0.627. The van der Waals surface area contributed by atoms with Crippen LogP contribution in [-0.2, 0) is 25.5 Å². The molecule has 1 heterocycles. The van der Waals surface area contributed by atoms with Crippen molar-refractivity contribution in [3.63, 3.8) is 0 Å². The Morgan fingerprint density at radius 1 is 0.939 bits per heavy atom. The summed E-state index contributed by atoms with van der Waals surface area (Å²) in [6.45, 7) is 1.81. The fourth-order valence-corrected chi connectivity index (χ4v) is 3.85. The first-order valence-electron chi connectivity index (χ1n) is 10.4. The second kappa shape index (κ2) is 9.04. The van der Waals surface area contributed by atoms with E-state index in [-0.39, 0.29) is 42.0 Å². The Hall–Kier alpha value is -4.33. The molecule has 0 fully saturated rings. The summed E-state index contributed by atoms with van der Waals surface area (Å²) in [5, 5.41) is 13.0. The average molecular weight is 444 g/mol. The van der Waals surface area contributed by atoms with Gasteiger partial charge in [0.1, 0.15) is 0 Å². The molecule has 0 aliphatic carbocycles. The number of imide groups is 1. The van der Waals surface area contributed by atoms with Crippen molar-refractivity contribution in [3.05, 3.63) is 93.6 Å². The highest BCUT2D eigenvalue weighted by Gasteiger charge is 2.40. The van der Waals surface area contributed by atoms with Crippen LogP contribution in [0, 0.1) is 10.1 Å². The van der Waals surface area contributed by atoms with Gasteiger partial charge in [0.2, 0.25) is 0 Å². The molecule has 0 N–H and O–H groups in total. The van der Waals surface area contributed by atoms with Gasteiger partial charge in [-0.2, -0.15) is 0 Å². The fourth-order valence-electron chi connectivity index (χ4n) is 3.85. The molecule has 0 spiro atoms. The topological polar surface area (TPSA) is 107 Å². The van der Waals surface area contributed by atoms with Gasteiger partial charge in [-0.1, -0.05) is 42.5 Å². The van der Waals surface area contributed by atoms with E-state index in [1.165, 1.54) is 24.3 Å². The van der Waals surface area contributed by atoms with Crippen molar-refractivity contribution in [1.82, 2.24) is 0 Å². The van der Waals surface area contributed by atoms with Crippen molar-refractivity contribution in [1.29, 1.82) is 0 Å². The molecule has 8 nitrogen and oxygen atoms in total. The minimum absolute atomic E-state index is 0.0740. The van der Waals surface area contributed by atoms with Gasteiger partial charge in [0, 0.05) is 29.7 Å². The van der Waals surface area contributed by atoms with Gasteiger partial charge in [0.25, 0.3) is 17.5 Å². The normalized spacial score (nSPS) is 13.7. The lowest BCUT2D eigenvalue weighted by molar-refractivity contribution is -0.384. The zero-order valence-corrected chi connectivity index (χ0v) is 17.8. The Bertz CT molecular complexity index is 1310. The van der Waals surface area contributed by atoms with Gasteiger partial charge in [-0.25, -0.2) is 4.90 Å². The van der Waals surface area contributed by atoms with Gasteiger partial charge >= 0.3 is 5.97 Å². The average Bonchev–Trinajstić information content (AvgIpc) is 3.03. The van der Waals surface area contributed by atoms with Crippen LogP contribution in [-0.4, -0.2) is 29.3 Å². The molecule has 33 heavy (non-hydrogen) atoms. The van der Waals surface area contributed by atoms with Gasteiger partial charge in [-0.15, -0.1) is 0 Å². The number of carbonyl (C=O) groups is 3. The molecule has 166 valence electrons. The number of hydrogen-bond acceptors (Lipinski definition) is 6. The van der Waals surface area contributed by atoms with Crippen LogP contribution in [0.2, 0.25) is 0 Å². The molecule has 1 aliphatic heterocycles. The molecule has 3 aromatic rings. The molecular weight excluding hydrogens is 424 g/mol. The highest BCUT2D eigenvalue weighted by molar-refractivity contribution is 6.33. The SMILES string of the molecule is CCOC(=O)CC1=C(Cc2ccc3ccccc3c2)C(=O)N(c2ccc([N+](=O)[O-])cc2)C1=O. The van der Waals surface area contributed by atoms with Crippen molar-refractivity contribution in [2.24, 2.45) is 0 Å². The number of nitro groups is 1. The monoisotopic (exact) mass is 444 g/mol. The third kappa shape index (κ3) is 4.36. The Labute approximate surface area is 189 Å². The van der Waals surface area contributed by atoms with Crippen LogP contribution in [0.25, 0.3) is 10.8 Å². The fraction of sp³-hybridized carbons (Fsp3) is 0.160. The number of benzene rings is 3. The number of rotatable bonds is 7. The summed E-state index contributed by atoms with van der Waals surface area (Å²) in [6, 6.07) is 18.7. The minimum Gasteiger partial charge on any atom is -0.466 e. The van der Waals surface area contributed by atoms with Crippen LogP contribution in [0.1, 0.15) is 18.9 Å². The molecule has 4 rings (SSSR count). The Morgan fingerprint density at radius 3 is 2.27 bits per heavy atom. The van der Waals surface area contributed by atoms with E-state index in [0.29, 0.717) is 0 Å². The second-order valence-electron chi connectivity index (χ2n) is 7.52. The summed E-state index contributed by atoms with van der Waals surface area (Å²) >= 11 is 0. The summed E-state index contributed by atoms with van der Waals surface area (Å²) in [7, 11) is 0. The van der Waals surface area contributed by atoms with Crippen molar-refractivity contribution >= 4 is 39.9 Å². The number of hydrogen-bond donors (Lipinski definition) is 0. The lowest BCUT2D eigenvalue weighted by Gasteiger charge is -2.15. The Balaban J connectivity index is 1.71. The molecular formula is C25H20N2O6. The van der Waals surface area contributed by atoms with Gasteiger partial charge in [0.05, 0.1) is 23.6 Å². The molecule has 3 aromatic carbocycles. The molecule has 2 amide bonds. The molecule has 0 saturated carbocycles.